The molecule has 0 aliphatic rings. The van der Waals surface area contributed by atoms with Gasteiger partial charge in [-0.3, -0.25) is 0 Å². The molecule has 0 amide bonds. The van der Waals surface area contributed by atoms with E-state index in [2.05, 4.69) is 0 Å². The third-order valence-electron chi connectivity index (χ3n) is 3.87. The number of aryl methyl sites for hydroxylation is 1. The first-order chi connectivity index (χ1) is 12.1. The van der Waals surface area contributed by atoms with Gasteiger partial charge in [0.2, 0.25) is 0 Å². The smallest absolute Gasteiger partial charge is 0.338 e. The second kappa shape index (κ2) is 9.20. The molecule has 2 aromatic rings. The van der Waals surface area contributed by atoms with Crippen molar-refractivity contribution in [3.63, 3.8) is 0 Å². The normalized spacial score (nSPS) is 13.1. The molecule has 0 aliphatic heterocycles. The lowest BCUT2D eigenvalue weighted by Crippen LogP contribution is -2.32. The molecule has 0 radical (unpaired) electrons. The van der Waals surface area contributed by atoms with Gasteiger partial charge in [-0.1, -0.05) is 36.4 Å². The number of aliphatic hydroxyl groups is 1. The standard InChI is InChI=1S/C20H24O5/c1-4-24-19(20(22)23-3)18(21)17-11-10-16(12-14(17)2)25-13-15-8-6-5-7-9-15/h5-12,18-19,21H,4,13H2,1-3H3. The van der Waals surface area contributed by atoms with Crippen molar-refractivity contribution in [2.24, 2.45) is 0 Å². The average molecular weight is 344 g/mol. The van der Waals surface area contributed by atoms with Crippen LogP contribution in [0.2, 0.25) is 0 Å². The summed E-state index contributed by atoms with van der Waals surface area (Å²) in [6, 6.07) is 15.2. The highest BCUT2D eigenvalue weighted by molar-refractivity contribution is 5.75. The minimum Gasteiger partial charge on any atom is -0.489 e. The van der Waals surface area contributed by atoms with Gasteiger partial charge in [0, 0.05) is 6.61 Å². The summed E-state index contributed by atoms with van der Waals surface area (Å²) in [5.74, 6) is 0.0986. The van der Waals surface area contributed by atoms with Crippen molar-refractivity contribution < 1.29 is 24.1 Å². The number of ether oxygens (including phenoxy) is 3. The lowest BCUT2D eigenvalue weighted by Gasteiger charge is -2.22. The summed E-state index contributed by atoms with van der Waals surface area (Å²) in [4.78, 5) is 11.8. The van der Waals surface area contributed by atoms with E-state index in [1.54, 1.807) is 19.1 Å². The Balaban J connectivity index is 2.10. The summed E-state index contributed by atoms with van der Waals surface area (Å²) in [6.45, 7) is 4.38. The molecule has 2 aromatic carbocycles. The van der Waals surface area contributed by atoms with E-state index >= 15 is 0 Å². The van der Waals surface area contributed by atoms with Crippen LogP contribution in [-0.2, 0) is 20.9 Å². The van der Waals surface area contributed by atoms with E-state index in [4.69, 9.17) is 14.2 Å². The third-order valence-corrected chi connectivity index (χ3v) is 3.87. The van der Waals surface area contributed by atoms with Gasteiger partial charge in [-0.05, 0) is 42.7 Å². The molecule has 134 valence electrons. The van der Waals surface area contributed by atoms with Gasteiger partial charge in [-0.15, -0.1) is 0 Å². The average Bonchev–Trinajstić information content (AvgIpc) is 2.64. The Kier molecular flexibility index (Phi) is 6.98. The summed E-state index contributed by atoms with van der Waals surface area (Å²) in [6.07, 6.45) is -2.15. The topological polar surface area (TPSA) is 65.0 Å². The fourth-order valence-corrected chi connectivity index (χ4v) is 2.56. The van der Waals surface area contributed by atoms with Crippen LogP contribution in [0.25, 0.3) is 0 Å². The highest BCUT2D eigenvalue weighted by atomic mass is 16.6. The summed E-state index contributed by atoms with van der Waals surface area (Å²) in [5, 5.41) is 10.5. The van der Waals surface area contributed by atoms with Crippen molar-refractivity contribution in [1.82, 2.24) is 0 Å². The lowest BCUT2D eigenvalue weighted by molar-refractivity contribution is -0.162. The van der Waals surface area contributed by atoms with Gasteiger partial charge in [0.05, 0.1) is 7.11 Å². The molecule has 0 heterocycles. The van der Waals surface area contributed by atoms with E-state index < -0.39 is 18.2 Å². The van der Waals surface area contributed by atoms with Gasteiger partial charge in [0.15, 0.2) is 6.10 Å². The molecule has 2 rings (SSSR count). The van der Waals surface area contributed by atoms with E-state index in [9.17, 15) is 9.90 Å². The summed E-state index contributed by atoms with van der Waals surface area (Å²) < 4.78 is 15.8. The molecule has 0 aromatic heterocycles. The maximum absolute atomic E-state index is 11.8. The fourth-order valence-electron chi connectivity index (χ4n) is 2.56. The minimum absolute atomic E-state index is 0.300. The maximum Gasteiger partial charge on any atom is 0.338 e. The van der Waals surface area contributed by atoms with Gasteiger partial charge in [0.25, 0.3) is 0 Å². The minimum atomic E-state index is -1.10. The van der Waals surface area contributed by atoms with Crippen molar-refractivity contribution in [2.75, 3.05) is 13.7 Å². The van der Waals surface area contributed by atoms with Gasteiger partial charge in [-0.25, -0.2) is 4.79 Å². The fraction of sp³-hybridized carbons (Fsp3) is 0.350. The molecular formula is C20H24O5. The van der Waals surface area contributed by atoms with Crippen LogP contribution >= 0.6 is 0 Å². The Morgan fingerprint density at radius 3 is 2.48 bits per heavy atom. The molecule has 0 aliphatic carbocycles. The van der Waals surface area contributed by atoms with Crippen LogP contribution in [0.1, 0.15) is 29.7 Å². The van der Waals surface area contributed by atoms with Crippen molar-refractivity contribution in [3.8, 4) is 5.75 Å². The van der Waals surface area contributed by atoms with E-state index in [-0.39, 0.29) is 0 Å². The van der Waals surface area contributed by atoms with Crippen LogP contribution in [0.5, 0.6) is 5.75 Å². The summed E-state index contributed by atoms with van der Waals surface area (Å²) in [5.41, 5.74) is 2.49. The largest absolute Gasteiger partial charge is 0.489 e. The molecule has 25 heavy (non-hydrogen) atoms. The number of benzene rings is 2. The number of carbonyl (C=O) groups excluding carboxylic acids is 1. The van der Waals surface area contributed by atoms with E-state index in [0.717, 1.165) is 11.1 Å². The summed E-state index contributed by atoms with van der Waals surface area (Å²) in [7, 11) is 1.27. The molecule has 0 bridgehead atoms. The Bertz CT molecular complexity index is 684. The number of carbonyl (C=O) groups is 1. The maximum atomic E-state index is 11.8. The van der Waals surface area contributed by atoms with Crippen LogP contribution in [-0.4, -0.2) is 30.9 Å². The molecule has 2 unspecified atom stereocenters. The van der Waals surface area contributed by atoms with Crippen molar-refractivity contribution in [1.29, 1.82) is 0 Å². The van der Waals surface area contributed by atoms with E-state index in [1.807, 2.05) is 43.3 Å². The molecule has 0 fully saturated rings. The molecule has 5 heteroatoms. The lowest BCUT2D eigenvalue weighted by atomic mass is 9.99. The Morgan fingerprint density at radius 1 is 1.16 bits per heavy atom. The number of aliphatic hydroxyl groups excluding tert-OH is 1. The van der Waals surface area contributed by atoms with Crippen molar-refractivity contribution in [2.45, 2.75) is 32.7 Å². The van der Waals surface area contributed by atoms with Crippen LogP contribution in [0.15, 0.2) is 48.5 Å². The molecular weight excluding hydrogens is 320 g/mol. The van der Waals surface area contributed by atoms with Gasteiger partial charge in [0.1, 0.15) is 18.5 Å². The molecule has 1 N–H and O–H groups in total. The number of esters is 1. The first kappa shape index (κ1) is 19.0. The first-order valence-corrected chi connectivity index (χ1v) is 8.21. The SMILES string of the molecule is CCOC(C(=O)OC)C(O)c1ccc(OCc2ccccc2)cc1C. The molecule has 2 atom stereocenters. The molecule has 5 nitrogen and oxygen atoms in total. The first-order valence-electron chi connectivity index (χ1n) is 8.21. The van der Waals surface area contributed by atoms with Crippen molar-refractivity contribution in [3.05, 3.63) is 65.2 Å². The second-order valence-corrected chi connectivity index (χ2v) is 5.64. The second-order valence-electron chi connectivity index (χ2n) is 5.64. The van der Waals surface area contributed by atoms with E-state index in [1.165, 1.54) is 7.11 Å². The van der Waals surface area contributed by atoms with Crippen LogP contribution in [0, 0.1) is 6.92 Å². The zero-order valence-corrected chi connectivity index (χ0v) is 14.8. The van der Waals surface area contributed by atoms with Crippen molar-refractivity contribution >= 4 is 5.97 Å². The molecule has 0 saturated carbocycles. The Labute approximate surface area is 148 Å². The van der Waals surface area contributed by atoms with Gasteiger partial charge >= 0.3 is 5.97 Å². The van der Waals surface area contributed by atoms with E-state index in [0.29, 0.717) is 24.5 Å². The number of hydrogen-bond donors (Lipinski definition) is 1. The third kappa shape index (κ3) is 5.05. The van der Waals surface area contributed by atoms with Crippen LogP contribution in [0.4, 0.5) is 0 Å². The predicted molar refractivity (Wildman–Crippen MR) is 94.3 cm³/mol. The zero-order chi connectivity index (χ0) is 18.2. The number of rotatable bonds is 8. The van der Waals surface area contributed by atoms with Crippen LogP contribution < -0.4 is 4.74 Å². The Hall–Kier alpha value is -2.37. The highest BCUT2D eigenvalue weighted by Crippen LogP contribution is 2.27. The predicted octanol–water partition coefficient (Wildman–Crippen LogP) is 3.19. The number of methoxy groups -OCH3 is 1. The molecule has 0 spiro atoms. The Morgan fingerprint density at radius 2 is 1.88 bits per heavy atom. The van der Waals surface area contributed by atoms with Gasteiger partial charge < -0.3 is 19.3 Å². The monoisotopic (exact) mass is 344 g/mol. The highest BCUT2D eigenvalue weighted by Gasteiger charge is 2.30. The zero-order valence-electron chi connectivity index (χ0n) is 14.8. The molecule has 0 saturated heterocycles. The quantitative estimate of drug-likeness (QED) is 0.745. The van der Waals surface area contributed by atoms with Gasteiger partial charge in [-0.2, -0.15) is 0 Å². The summed E-state index contributed by atoms with van der Waals surface area (Å²) >= 11 is 0. The number of hydrogen-bond acceptors (Lipinski definition) is 5. The van der Waals surface area contributed by atoms with Crippen LogP contribution in [0.3, 0.4) is 0 Å².